The van der Waals surface area contributed by atoms with Crippen molar-refractivity contribution < 1.29 is 4.79 Å². The van der Waals surface area contributed by atoms with E-state index < -0.39 is 5.91 Å². The van der Waals surface area contributed by atoms with E-state index in [2.05, 4.69) is 15.3 Å². The quantitative estimate of drug-likeness (QED) is 0.648. The Bertz CT molecular complexity index is 871. The zero-order valence-electron chi connectivity index (χ0n) is 11.0. The molecule has 3 aromatic rings. The standard InChI is InChI=1S/C15H12N4OS/c16-13(20)9-5-7-10(8-6-9)17-14-11-3-1-2-4-12(11)18-15(21)19-14/h1-8H,(H2,16,20)(H2,17,18,19,21). The molecule has 4 N–H and O–H groups in total. The van der Waals surface area contributed by atoms with Crippen molar-refractivity contribution in [3.63, 3.8) is 0 Å². The molecule has 0 bridgehead atoms. The van der Waals surface area contributed by atoms with E-state index in [0.717, 1.165) is 16.6 Å². The van der Waals surface area contributed by atoms with E-state index in [1.807, 2.05) is 24.3 Å². The van der Waals surface area contributed by atoms with E-state index in [4.69, 9.17) is 18.0 Å². The molecule has 104 valence electrons. The molecule has 1 heterocycles. The monoisotopic (exact) mass is 296 g/mol. The first-order valence-corrected chi connectivity index (χ1v) is 6.70. The Labute approximate surface area is 125 Å². The van der Waals surface area contributed by atoms with Crippen molar-refractivity contribution in [2.45, 2.75) is 0 Å². The maximum absolute atomic E-state index is 11.1. The predicted molar refractivity (Wildman–Crippen MR) is 85.2 cm³/mol. The number of hydrogen-bond acceptors (Lipinski definition) is 4. The highest BCUT2D eigenvalue weighted by atomic mass is 32.1. The van der Waals surface area contributed by atoms with E-state index in [1.54, 1.807) is 24.3 Å². The Kier molecular flexibility index (Phi) is 3.37. The van der Waals surface area contributed by atoms with E-state index in [-0.39, 0.29) is 0 Å². The van der Waals surface area contributed by atoms with E-state index >= 15 is 0 Å². The van der Waals surface area contributed by atoms with Gasteiger partial charge in [-0.1, -0.05) is 12.1 Å². The van der Waals surface area contributed by atoms with Gasteiger partial charge in [0.2, 0.25) is 5.91 Å². The van der Waals surface area contributed by atoms with Gasteiger partial charge in [-0.3, -0.25) is 4.79 Å². The van der Waals surface area contributed by atoms with Crippen molar-refractivity contribution in [2.24, 2.45) is 5.73 Å². The summed E-state index contributed by atoms with van der Waals surface area (Å²) >= 11 is 5.13. The topological polar surface area (TPSA) is 83.8 Å². The lowest BCUT2D eigenvalue weighted by molar-refractivity contribution is 0.100. The lowest BCUT2D eigenvalue weighted by atomic mass is 10.2. The van der Waals surface area contributed by atoms with Gasteiger partial charge in [0.15, 0.2) is 4.77 Å². The normalized spacial score (nSPS) is 10.5. The second-order valence-electron chi connectivity index (χ2n) is 4.50. The number of H-pyrrole nitrogens is 1. The molecule has 3 rings (SSSR count). The lowest BCUT2D eigenvalue weighted by Gasteiger charge is -2.09. The van der Waals surface area contributed by atoms with Crippen LogP contribution in [-0.2, 0) is 0 Å². The Morgan fingerprint density at radius 1 is 1.14 bits per heavy atom. The van der Waals surface area contributed by atoms with Gasteiger partial charge >= 0.3 is 0 Å². The zero-order chi connectivity index (χ0) is 14.8. The summed E-state index contributed by atoms with van der Waals surface area (Å²) in [5.41, 5.74) is 7.40. The third-order valence-corrected chi connectivity index (χ3v) is 3.26. The Balaban J connectivity index is 2.01. The molecule has 0 saturated carbocycles. The number of rotatable bonds is 3. The molecule has 1 aromatic heterocycles. The van der Waals surface area contributed by atoms with Crippen LogP contribution in [-0.4, -0.2) is 15.9 Å². The number of aromatic nitrogens is 2. The van der Waals surface area contributed by atoms with Crippen molar-refractivity contribution in [3.05, 3.63) is 58.9 Å². The summed E-state index contributed by atoms with van der Waals surface area (Å²) in [4.78, 5) is 18.4. The number of nitrogens with one attached hydrogen (secondary N) is 2. The first-order chi connectivity index (χ1) is 10.1. The summed E-state index contributed by atoms with van der Waals surface area (Å²) in [7, 11) is 0. The average Bonchev–Trinajstić information content (AvgIpc) is 2.47. The van der Waals surface area contributed by atoms with Gasteiger partial charge < -0.3 is 16.0 Å². The minimum atomic E-state index is -0.452. The van der Waals surface area contributed by atoms with Crippen molar-refractivity contribution in [3.8, 4) is 0 Å². The number of benzene rings is 2. The number of primary amides is 1. The number of carbonyl (C=O) groups excluding carboxylic acids is 1. The van der Waals surface area contributed by atoms with Crippen LogP contribution in [0.1, 0.15) is 10.4 Å². The molecule has 6 heteroatoms. The van der Waals surface area contributed by atoms with Crippen molar-refractivity contribution in [1.29, 1.82) is 0 Å². The molecule has 0 unspecified atom stereocenters. The Hall–Kier alpha value is -2.73. The van der Waals surface area contributed by atoms with Gasteiger partial charge in [-0.25, -0.2) is 4.98 Å². The Morgan fingerprint density at radius 2 is 1.86 bits per heavy atom. The number of fused-ring (bicyclic) bond motifs is 1. The number of carbonyl (C=O) groups is 1. The number of nitrogens with zero attached hydrogens (tertiary/aromatic N) is 1. The fourth-order valence-corrected chi connectivity index (χ4v) is 2.25. The molecule has 0 saturated heterocycles. The molecule has 2 aromatic carbocycles. The van der Waals surface area contributed by atoms with Gasteiger partial charge in [0, 0.05) is 16.6 Å². The number of anilines is 2. The van der Waals surface area contributed by atoms with Gasteiger partial charge in [-0.15, -0.1) is 0 Å². The SMILES string of the molecule is NC(=O)c1ccc(Nc2nc(=S)[nH]c3ccccc23)cc1. The van der Waals surface area contributed by atoms with E-state index in [9.17, 15) is 4.79 Å². The van der Waals surface area contributed by atoms with Crippen LogP contribution in [0.4, 0.5) is 11.5 Å². The highest BCUT2D eigenvalue weighted by molar-refractivity contribution is 7.71. The summed E-state index contributed by atoms with van der Waals surface area (Å²) in [5.74, 6) is 0.216. The van der Waals surface area contributed by atoms with Crippen LogP contribution >= 0.6 is 12.2 Å². The van der Waals surface area contributed by atoms with Crippen molar-refractivity contribution in [1.82, 2.24) is 9.97 Å². The second kappa shape index (κ2) is 5.34. The van der Waals surface area contributed by atoms with Gasteiger partial charge in [0.1, 0.15) is 5.82 Å². The number of nitrogens with two attached hydrogens (primary N) is 1. The molecule has 1 amide bonds. The fourth-order valence-electron chi connectivity index (χ4n) is 2.05. The van der Waals surface area contributed by atoms with Crippen LogP contribution in [0.2, 0.25) is 0 Å². The summed E-state index contributed by atoms with van der Waals surface area (Å²) in [6.45, 7) is 0. The Morgan fingerprint density at radius 3 is 2.57 bits per heavy atom. The lowest BCUT2D eigenvalue weighted by Crippen LogP contribution is -2.10. The van der Waals surface area contributed by atoms with Crippen LogP contribution in [0.5, 0.6) is 0 Å². The number of aromatic amines is 1. The molecule has 0 aliphatic heterocycles. The molecule has 0 atom stereocenters. The maximum Gasteiger partial charge on any atom is 0.248 e. The molecule has 0 radical (unpaired) electrons. The highest BCUT2D eigenvalue weighted by Crippen LogP contribution is 2.23. The minimum absolute atomic E-state index is 0.407. The van der Waals surface area contributed by atoms with Gasteiger partial charge in [0.05, 0.1) is 5.52 Å². The summed E-state index contributed by atoms with van der Waals surface area (Å²) < 4.78 is 0.407. The second-order valence-corrected chi connectivity index (χ2v) is 4.89. The van der Waals surface area contributed by atoms with Crippen molar-refractivity contribution in [2.75, 3.05) is 5.32 Å². The first-order valence-electron chi connectivity index (χ1n) is 6.29. The third kappa shape index (κ3) is 2.75. The molecule has 0 spiro atoms. The number of hydrogen-bond donors (Lipinski definition) is 3. The third-order valence-electron chi connectivity index (χ3n) is 3.07. The number of para-hydroxylation sites is 1. The van der Waals surface area contributed by atoms with Crippen LogP contribution in [0, 0.1) is 4.77 Å². The molecular weight excluding hydrogens is 284 g/mol. The van der Waals surface area contributed by atoms with Crippen LogP contribution < -0.4 is 11.1 Å². The molecular formula is C15H12N4OS. The van der Waals surface area contributed by atoms with Crippen LogP contribution in [0.3, 0.4) is 0 Å². The minimum Gasteiger partial charge on any atom is -0.366 e. The molecule has 0 aliphatic carbocycles. The highest BCUT2D eigenvalue weighted by Gasteiger charge is 2.05. The summed E-state index contributed by atoms with van der Waals surface area (Å²) in [5, 5.41) is 4.14. The average molecular weight is 296 g/mol. The zero-order valence-corrected chi connectivity index (χ0v) is 11.8. The maximum atomic E-state index is 11.1. The predicted octanol–water partition coefficient (Wildman–Crippen LogP) is 3.13. The largest absolute Gasteiger partial charge is 0.366 e. The summed E-state index contributed by atoms with van der Waals surface area (Å²) in [6, 6.07) is 14.6. The van der Waals surface area contributed by atoms with E-state index in [1.165, 1.54) is 0 Å². The fraction of sp³-hybridized carbons (Fsp3) is 0. The molecule has 0 fully saturated rings. The van der Waals surface area contributed by atoms with Crippen LogP contribution in [0.25, 0.3) is 10.9 Å². The van der Waals surface area contributed by atoms with Gasteiger partial charge in [-0.2, -0.15) is 0 Å². The smallest absolute Gasteiger partial charge is 0.248 e. The van der Waals surface area contributed by atoms with Crippen molar-refractivity contribution >= 4 is 40.5 Å². The van der Waals surface area contributed by atoms with E-state index in [0.29, 0.717) is 16.2 Å². The summed E-state index contributed by atoms with van der Waals surface area (Å²) in [6.07, 6.45) is 0. The molecule has 5 nitrogen and oxygen atoms in total. The van der Waals surface area contributed by atoms with Gasteiger partial charge in [0.25, 0.3) is 0 Å². The molecule has 21 heavy (non-hydrogen) atoms. The number of amides is 1. The first kappa shape index (κ1) is 13.3. The van der Waals surface area contributed by atoms with Gasteiger partial charge in [-0.05, 0) is 48.6 Å². The molecule has 0 aliphatic rings. The van der Waals surface area contributed by atoms with Crippen LogP contribution in [0.15, 0.2) is 48.5 Å².